The predicted molar refractivity (Wildman–Crippen MR) is 84.5 cm³/mol. The third-order valence-corrected chi connectivity index (χ3v) is 4.19. The predicted octanol–water partition coefficient (Wildman–Crippen LogP) is 3.75. The molecule has 0 N–H and O–H groups in total. The highest BCUT2D eigenvalue weighted by Crippen LogP contribution is 2.28. The Bertz CT molecular complexity index is 651. The van der Waals surface area contributed by atoms with Crippen molar-refractivity contribution < 1.29 is 4.74 Å². The minimum atomic E-state index is 0.123. The highest BCUT2D eigenvalue weighted by molar-refractivity contribution is 6.42. The summed E-state index contributed by atoms with van der Waals surface area (Å²) in [5, 5.41) is 1.05. The van der Waals surface area contributed by atoms with E-state index in [1.54, 1.807) is 18.5 Å². The summed E-state index contributed by atoms with van der Waals surface area (Å²) in [5.41, 5.74) is 0.967. The summed E-state index contributed by atoms with van der Waals surface area (Å²) in [6.45, 7) is 3.68. The Morgan fingerprint density at radius 3 is 2.81 bits per heavy atom. The van der Waals surface area contributed by atoms with Crippen LogP contribution in [0.25, 0.3) is 0 Å². The van der Waals surface area contributed by atoms with Gasteiger partial charge in [0, 0.05) is 30.8 Å². The van der Waals surface area contributed by atoms with E-state index in [1.807, 2.05) is 19.1 Å². The summed E-state index contributed by atoms with van der Waals surface area (Å²) in [4.78, 5) is 10.6. The maximum Gasteiger partial charge on any atom is 0.132 e. The zero-order chi connectivity index (χ0) is 14.8. The Hall–Kier alpha value is -1.52. The molecule has 1 aromatic heterocycles. The smallest absolute Gasteiger partial charge is 0.132 e. The van der Waals surface area contributed by atoms with Crippen LogP contribution in [0.3, 0.4) is 0 Å². The van der Waals surface area contributed by atoms with Gasteiger partial charge in [-0.15, -0.1) is 0 Å². The maximum atomic E-state index is 6.00. The van der Waals surface area contributed by atoms with Crippen molar-refractivity contribution in [2.75, 3.05) is 18.0 Å². The summed E-state index contributed by atoms with van der Waals surface area (Å²) >= 11 is 11.9. The third-order valence-electron chi connectivity index (χ3n) is 3.45. The van der Waals surface area contributed by atoms with Gasteiger partial charge in [-0.1, -0.05) is 23.2 Å². The van der Waals surface area contributed by atoms with E-state index >= 15 is 0 Å². The molecule has 1 fully saturated rings. The zero-order valence-corrected chi connectivity index (χ0v) is 13.1. The van der Waals surface area contributed by atoms with E-state index in [1.165, 1.54) is 0 Å². The van der Waals surface area contributed by atoms with Crippen LogP contribution < -0.4 is 9.64 Å². The second kappa shape index (κ2) is 6.08. The van der Waals surface area contributed by atoms with Crippen molar-refractivity contribution in [1.82, 2.24) is 9.97 Å². The normalized spacial score (nSPS) is 18.0. The van der Waals surface area contributed by atoms with E-state index < -0.39 is 0 Å². The number of ether oxygens (including phenoxy) is 1. The number of rotatable bonds is 3. The molecule has 2 aromatic rings. The number of aromatic nitrogens is 2. The van der Waals surface area contributed by atoms with E-state index in [0.717, 1.165) is 36.8 Å². The van der Waals surface area contributed by atoms with Gasteiger partial charge in [0.05, 0.1) is 16.6 Å². The first-order valence-corrected chi connectivity index (χ1v) is 7.53. The average molecular weight is 324 g/mol. The molecule has 1 aliphatic rings. The van der Waals surface area contributed by atoms with Crippen molar-refractivity contribution in [1.29, 1.82) is 0 Å². The third kappa shape index (κ3) is 3.39. The first-order valence-electron chi connectivity index (χ1n) is 6.77. The first-order chi connectivity index (χ1) is 10.1. The molecular formula is C15H15Cl2N3O. The Labute approximate surface area is 133 Å². The van der Waals surface area contributed by atoms with Crippen molar-refractivity contribution in [3.8, 4) is 5.75 Å². The van der Waals surface area contributed by atoms with Crippen LogP contribution in [-0.4, -0.2) is 29.2 Å². The van der Waals surface area contributed by atoms with Crippen LogP contribution in [0.4, 0.5) is 5.82 Å². The van der Waals surface area contributed by atoms with Crippen LogP contribution in [0.1, 0.15) is 12.1 Å². The highest BCUT2D eigenvalue weighted by Gasteiger charge is 2.25. The molecule has 0 aliphatic carbocycles. The molecule has 1 unspecified atom stereocenters. The summed E-state index contributed by atoms with van der Waals surface area (Å²) < 4.78 is 5.96. The zero-order valence-electron chi connectivity index (χ0n) is 11.6. The number of halogens is 2. The van der Waals surface area contributed by atoms with Crippen LogP contribution >= 0.6 is 23.2 Å². The quantitative estimate of drug-likeness (QED) is 0.862. The lowest BCUT2D eigenvalue weighted by Crippen LogP contribution is -2.25. The second-order valence-electron chi connectivity index (χ2n) is 5.07. The number of benzene rings is 1. The van der Waals surface area contributed by atoms with Gasteiger partial charge in [0.2, 0.25) is 0 Å². The van der Waals surface area contributed by atoms with E-state index in [2.05, 4.69) is 14.9 Å². The maximum absolute atomic E-state index is 6.00. The van der Waals surface area contributed by atoms with E-state index in [9.17, 15) is 0 Å². The van der Waals surface area contributed by atoms with Gasteiger partial charge >= 0.3 is 0 Å². The number of anilines is 1. The molecule has 0 radical (unpaired) electrons. The summed E-state index contributed by atoms with van der Waals surface area (Å²) in [7, 11) is 0. The minimum Gasteiger partial charge on any atom is -0.488 e. The fourth-order valence-corrected chi connectivity index (χ4v) is 2.68. The van der Waals surface area contributed by atoms with Gasteiger partial charge in [-0.25, -0.2) is 9.97 Å². The van der Waals surface area contributed by atoms with Gasteiger partial charge in [-0.3, -0.25) is 0 Å². The van der Waals surface area contributed by atoms with Gasteiger partial charge in [0.15, 0.2) is 0 Å². The molecule has 6 heteroatoms. The Morgan fingerprint density at radius 1 is 1.19 bits per heavy atom. The fraction of sp³-hybridized carbons (Fsp3) is 0.333. The lowest BCUT2D eigenvalue weighted by molar-refractivity contribution is 0.225. The summed E-state index contributed by atoms with van der Waals surface area (Å²) in [6.07, 6.45) is 2.67. The van der Waals surface area contributed by atoms with Gasteiger partial charge in [0.1, 0.15) is 24.0 Å². The van der Waals surface area contributed by atoms with Crippen molar-refractivity contribution >= 4 is 29.0 Å². The Kier molecular flexibility index (Phi) is 4.17. The van der Waals surface area contributed by atoms with Gasteiger partial charge in [0.25, 0.3) is 0 Å². The number of nitrogens with zero attached hydrogens (tertiary/aromatic N) is 3. The van der Waals surface area contributed by atoms with E-state index in [0.29, 0.717) is 10.0 Å². The number of hydrogen-bond acceptors (Lipinski definition) is 4. The summed E-state index contributed by atoms with van der Waals surface area (Å²) in [6, 6.07) is 7.33. The SMILES string of the molecule is Cc1cc(N2CCC(Oc3ccc(Cl)c(Cl)c3)C2)ncn1. The molecule has 110 valence electrons. The van der Waals surface area contributed by atoms with Crippen molar-refractivity contribution in [3.63, 3.8) is 0 Å². The molecular weight excluding hydrogens is 309 g/mol. The molecule has 0 amide bonds. The minimum absolute atomic E-state index is 0.123. The largest absolute Gasteiger partial charge is 0.488 e. The van der Waals surface area contributed by atoms with Crippen molar-refractivity contribution in [2.24, 2.45) is 0 Å². The molecule has 0 saturated carbocycles. The topological polar surface area (TPSA) is 38.2 Å². The molecule has 0 bridgehead atoms. The van der Waals surface area contributed by atoms with Gasteiger partial charge < -0.3 is 9.64 Å². The molecule has 1 aliphatic heterocycles. The van der Waals surface area contributed by atoms with Gasteiger partial charge in [-0.2, -0.15) is 0 Å². The van der Waals surface area contributed by atoms with Crippen molar-refractivity contribution in [2.45, 2.75) is 19.4 Å². The highest BCUT2D eigenvalue weighted by atomic mass is 35.5. The number of aryl methyl sites for hydroxylation is 1. The first kappa shape index (κ1) is 14.4. The molecule has 1 atom stereocenters. The van der Waals surface area contributed by atoms with E-state index in [4.69, 9.17) is 27.9 Å². The monoisotopic (exact) mass is 323 g/mol. The Morgan fingerprint density at radius 2 is 2.05 bits per heavy atom. The lowest BCUT2D eigenvalue weighted by Gasteiger charge is -2.18. The standard InChI is InChI=1S/C15H15Cl2N3O/c1-10-6-15(19-9-18-10)20-5-4-12(8-20)21-11-2-3-13(16)14(17)7-11/h2-3,6-7,9,12H,4-5,8H2,1H3. The van der Waals surface area contributed by atoms with Crippen LogP contribution in [0.2, 0.25) is 10.0 Å². The number of hydrogen-bond donors (Lipinski definition) is 0. The molecule has 3 rings (SSSR count). The fourth-order valence-electron chi connectivity index (χ4n) is 2.39. The molecule has 1 aromatic carbocycles. The molecule has 21 heavy (non-hydrogen) atoms. The van der Waals surface area contributed by atoms with Crippen molar-refractivity contribution in [3.05, 3.63) is 46.3 Å². The average Bonchev–Trinajstić information content (AvgIpc) is 2.91. The lowest BCUT2D eigenvalue weighted by atomic mass is 10.3. The molecule has 2 heterocycles. The Balaban J connectivity index is 1.65. The van der Waals surface area contributed by atoms with Gasteiger partial charge in [-0.05, 0) is 19.1 Å². The second-order valence-corrected chi connectivity index (χ2v) is 5.88. The van der Waals surface area contributed by atoms with E-state index in [-0.39, 0.29) is 6.10 Å². The van der Waals surface area contributed by atoms with Crippen LogP contribution in [0.15, 0.2) is 30.6 Å². The van der Waals surface area contributed by atoms with Crippen LogP contribution in [0, 0.1) is 6.92 Å². The molecule has 0 spiro atoms. The van der Waals surface area contributed by atoms with Crippen LogP contribution in [-0.2, 0) is 0 Å². The summed E-state index contributed by atoms with van der Waals surface area (Å²) in [5.74, 6) is 1.69. The molecule has 1 saturated heterocycles. The van der Waals surface area contributed by atoms with Crippen LogP contribution in [0.5, 0.6) is 5.75 Å². The molecule has 4 nitrogen and oxygen atoms in total.